The van der Waals surface area contributed by atoms with Crippen LogP contribution in [-0.2, 0) is 21.4 Å². The molecule has 0 saturated carbocycles. The molecule has 9 heteroatoms. The van der Waals surface area contributed by atoms with Crippen LogP contribution in [0.25, 0.3) is 10.2 Å². The third-order valence-corrected chi connectivity index (χ3v) is 7.32. The fourth-order valence-electron chi connectivity index (χ4n) is 3.69. The summed E-state index contributed by atoms with van der Waals surface area (Å²) in [5.41, 5.74) is 1.35. The van der Waals surface area contributed by atoms with Gasteiger partial charge in [-0.25, -0.2) is 4.79 Å². The molecule has 30 heavy (non-hydrogen) atoms. The number of esters is 1. The van der Waals surface area contributed by atoms with Gasteiger partial charge in [-0.05, 0) is 43.9 Å². The van der Waals surface area contributed by atoms with E-state index in [2.05, 4.69) is 11.9 Å². The third-order valence-electron chi connectivity index (χ3n) is 5.32. The van der Waals surface area contributed by atoms with Gasteiger partial charge in [-0.2, -0.15) is 4.99 Å². The van der Waals surface area contributed by atoms with Crippen molar-refractivity contribution in [3.05, 3.63) is 28.6 Å². The second-order valence-corrected chi connectivity index (χ2v) is 9.26. The molecule has 0 spiro atoms. The number of hydrogen-bond acceptors (Lipinski definition) is 6. The van der Waals surface area contributed by atoms with Crippen LogP contribution in [0.2, 0.25) is 0 Å². The lowest BCUT2D eigenvalue weighted by atomic mass is 10.0. The Balaban J connectivity index is 1.63. The molecule has 2 amide bonds. The maximum atomic E-state index is 12.5. The fraction of sp³-hybridized carbons (Fsp3) is 0.524. The number of benzene rings is 1. The maximum absolute atomic E-state index is 12.5. The van der Waals surface area contributed by atoms with E-state index in [1.54, 1.807) is 12.1 Å². The lowest BCUT2D eigenvalue weighted by molar-refractivity contribution is -0.132. The fourth-order valence-corrected chi connectivity index (χ4v) is 5.44. The lowest BCUT2D eigenvalue weighted by Gasteiger charge is -2.35. The molecule has 0 bridgehead atoms. The zero-order chi connectivity index (χ0) is 21.7. The van der Waals surface area contributed by atoms with Gasteiger partial charge in [0.2, 0.25) is 5.91 Å². The summed E-state index contributed by atoms with van der Waals surface area (Å²) in [7, 11) is 3.18. The molecule has 0 N–H and O–H groups in total. The molecule has 162 valence electrons. The van der Waals surface area contributed by atoms with Gasteiger partial charge in [-0.3, -0.25) is 9.59 Å². The predicted molar refractivity (Wildman–Crippen MR) is 120 cm³/mol. The van der Waals surface area contributed by atoms with Crippen molar-refractivity contribution in [1.82, 2.24) is 9.47 Å². The van der Waals surface area contributed by atoms with Gasteiger partial charge >= 0.3 is 5.97 Å². The second-order valence-electron chi connectivity index (χ2n) is 7.26. The molecule has 0 radical (unpaired) electrons. The number of ether oxygens (including phenoxy) is 1. The minimum Gasteiger partial charge on any atom is -0.465 e. The molecule has 7 nitrogen and oxygen atoms in total. The topological polar surface area (TPSA) is 81.0 Å². The van der Waals surface area contributed by atoms with Crippen molar-refractivity contribution in [1.29, 1.82) is 0 Å². The monoisotopic (exact) mass is 449 g/mol. The van der Waals surface area contributed by atoms with Gasteiger partial charge in [0.25, 0.3) is 5.91 Å². The Kier molecular flexibility index (Phi) is 7.71. The largest absolute Gasteiger partial charge is 0.465 e. The number of methoxy groups -OCH3 is 1. The van der Waals surface area contributed by atoms with Crippen LogP contribution in [-0.4, -0.2) is 58.5 Å². The van der Waals surface area contributed by atoms with E-state index in [1.165, 1.54) is 36.6 Å². The number of hydrogen-bond donors (Lipinski definition) is 0. The minimum atomic E-state index is -0.400. The van der Waals surface area contributed by atoms with Gasteiger partial charge in [-0.15, -0.1) is 11.8 Å². The van der Waals surface area contributed by atoms with Crippen molar-refractivity contribution in [2.24, 2.45) is 12.0 Å². The Hall–Kier alpha value is -2.13. The average Bonchev–Trinajstić information content (AvgIpc) is 3.07. The van der Waals surface area contributed by atoms with Gasteiger partial charge in [0.05, 0.1) is 34.4 Å². The molecule has 1 aromatic heterocycles. The van der Waals surface area contributed by atoms with E-state index in [9.17, 15) is 14.4 Å². The minimum absolute atomic E-state index is 0.113. The average molecular weight is 450 g/mol. The molecular formula is C21H27N3O4S2. The number of carbonyl (C=O) groups excluding carboxylic acids is 3. The van der Waals surface area contributed by atoms with Crippen LogP contribution in [0.15, 0.2) is 23.2 Å². The van der Waals surface area contributed by atoms with Crippen LogP contribution in [0.3, 0.4) is 0 Å². The molecule has 1 saturated heterocycles. The van der Waals surface area contributed by atoms with E-state index in [0.29, 0.717) is 22.2 Å². The van der Waals surface area contributed by atoms with E-state index in [-0.39, 0.29) is 17.6 Å². The number of fused-ring (bicyclic) bond motifs is 1. The maximum Gasteiger partial charge on any atom is 0.337 e. The summed E-state index contributed by atoms with van der Waals surface area (Å²) >= 11 is 2.66. The first-order chi connectivity index (χ1) is 14.4. The highest BCUT2D eigenvalue weighted by atomic mass is 32.2. The van der Waals surface area contributed by atoms with Crippen LogP contribution in [0.5, 0.6) is 0 Å². The zero-order valence-corrected chi connectivity index (χ0v) is 19.2. The van der Waals surface area contributed by atoms with Crippen molar-refractivity contribution in [2.75, 3.05) is 25.2 Å². The summed E-state index contributed by atoms with van der Waals surface area (Å²) < 4.78 is 7.44. The molecule has 1 aliphatic heterocycles. The van der Waals surface area contributed by atoms with Crippen LogP contribution in [0.4, 0.5) is 0 Å². The number of piperidine rings is 1. The molecular weight excluding hydrogens is 422 g/mol. The van der Waals surface area contributed by atoms with Gasteiger partial charge in [0.1, 0.15) is 0 Å². The molecule has 1 atom stereocenters. The molecule has 1 aromatic carbocycles. The summed E-state index contributed by atoms with van der Waals surface area (Å²) in [6.07, 6.45) is 4.29. The molecule has 2 aromatic rings. The zero-order valence-electron chi connectivity index (χ0n) is 17.6. The first-order valence-corrected chi connectivity index (χ1v) is 12.0. The number of amides is 2. The smallest absolute Gasteiger partial charge is 0.337 e. The molecule has 1 aliphatic rings. The highest BCUT2D eigenvalue weighted by molar-refractivity contribution is 8.00. The quantitative estimate of drug-likeness (QED) is 0.634. The number of aromatic nitrogens is 1. The SMILES string of the molecule is CCC1CCCCN1C(=O)CSCC(=O)N=c1sc2cc(C(=O)OC)ccc2n1C. The van der Waals surface area contributed by atoms with E-state index in [0.717, 1.165) is 36.0 Å². The number of nitrogens with zero attached hydrogens (tertiary/aromatic N) is 3. The molecule has 3 rings (SSSR count). The van der Waals surface area contributed by atoms with Crippen molar-refractivity contribution < 1.29 is 19.1 Å². The first kappa shape index (κ1) is 22.6. The van der Waals surface area contributed by atoms with Crippen LogP contribution < -0.4 is 4.80 Å². The van der Waals surface area contributed by atoms with E-state index in [4.69, 9.17) is 4.74 Å². The number of likely N-dealkylation sites (tertiary alicyclic amines) is 1. The molecule has 0 aliphatic carbocycles. The molecule has 1 fully saturated rings. The Morgan fingerprint density at radius 1 is 1.27 bits per heavy atom. The normalized spacial score (nSPS) is 17.4. The number of thiazole rings is 1. The van der Waals surface area contributed by atoms with Gasteiger partial charge in [0.15, 0.2) is 4.80 Å². The van der Waals surface area contributed by atoms with Crippen LogP contribution in [0, 0.1) is 0 Å². The standard InChI is InChI=1S/C21H27N3O4S2/c1-4-15-7-5-6-10-24(15)19(26)13-29-12-18(25)22-21-23(2)16-9-8-14(20(27)28-3)11-17(16)30-21/h8-9,11,15H,4-7,10,12-13H2,1-3H3. The molecule has 1 unspecified atom stereocenters. The summed E-state index contributed by atoms with van der Waals surface area (Å²) in [4.78, 5) is 43.3. The molecule has 2 heterocycles. The summed E-state index contributed by atoms with van der Waals surface area (Å²) in [6.45, 7) is 2.94. The Labute approximate surface area is 184 Å². The highest BCUT2D eigenvalue weighted by Gasteiger charge is 2.25. The Morgan fingerprint density at radius 2 is 2.07 bits per heavy atom. The van der Waals surface area contributed by atoms with Crippen LogP contribution >= 0.6 is 23.1 Å². The van der Waals surface area contributed by atoms with Gasteiger partial charge in [0, 0.05) is 19.6 Å². The third kappa shape index (κ3) is 5.13. The lowest BCUT2D eigenvalue weighted by Crippen LogP contribution is -2.44. The Bertz CT molecular complexity index is 1010. The predicted octanol–water partition coefficient (Wildman–Crippen LogP) is 2.98. The van der Waals surface area contributed by atoms with Crippen molar-refractivity contribution in [3.8, 4) is 0 Å². The van der Waals surface area contributed by atoms with Crippen LogP contribution in [0.1, 0.15) is 43.0 Å². The summed E-state index contributed by atoms with van der Waals surface area (Å²) in [6, 6.07) is 5.58. The number of carbonyl (C=O) groups is 3. The van der Waals surface area contributed by atoms with E-state index < -0.39 is 5.97 Å². The van der Waals surface area contributed by atoms with Gasteiger partial charge < -0.3 is 14.2 Å². The van der Waals surface area contributed by atoms with E-state index >= 15 is 0 Å². The Morgan fingerprint density at radius 3 is 2.80 bits per heavy atom. The van der Waals surface area contributed by atoms with Crippen molar-refractivity contribution in [3.63, 3.8) is 0 Å². The van der Waals surface area contributed by atoms with Crippen molar-refractivity contribution in [2.45, 2.75) is 38.6 Å². The first-order valence-electron chi connectivity index (χ1n) is 10.1. The van der Waals surface area contributed by atoms with E-state index in [1.807, 2.05) is 22.6 Å². The highest BCUT2D eigenvalue weighted by Crippen LogP contribution is 2.21. The summed E-state index contributed by atoms with van der Waals surface area (Å²) in [5.74, 6) is -0.0878. The number of thioether (sulfide) groups is 1. The number of rotatable bonds is 6. The summed E-state index contributed by atoms with van der Waals surface area (Å²) in [5, 5.41) is 0. The number of aryl methyl sites for hydroxylation is 1. The van der Waals surface area contributed by atoms with Gasteiger partial charge in [-0.1, -0.05) is 18.3 Å². The van der Waals surface area contributed by atoms with Crippen molar-refractivity contribution >= 4 is 51.1 Å². The second kappa shape index (κ2) is 10.3.